The van der Waals surface area contributed by atoms with Crippen LogP contribution in [0.1, 0.15) is 27.2 Å². The van der Waals surface area contributed by atoms with Crippen LogP contribution in [-0.4, -0.2) is 48.9 Å². The first-order valence-electron chi connectivity index (χ1n) is 7.71. The number of carbonyl (C=O) groups excluding carboxylic acids is 2. The average Bonchev–Trinajstić information content (AvgIpc) is 2.46. The van der Waals surface area contributed by atoms with E-state index in [1.165, 1.54) is 0 Å². The fraction of sp³-hybridized carbons (Fsp3) is 0.857. The second-order valence-electron chi connectivity index (χ2n) is 6.22. The van der Waals surface area contributed by atoms with Gasteiger partial charge in [-0.1, -0.05) is 20.8 Å². The van der Waals surface area contributed by atoms with Gasteiger partial charge in [0.1, 0.15) is 0 Å². The maximum atomic E-state index is 12.6. The molecule has 0 bridgehead atoms. The fourth-order valence-electron chi connectivity index (χ4n) is 2.31. The molecule has 4 nitrogen and oxygen atoms in total. The van der Waals surface area contributed by atoms with Crippen LogP contribution < -0.4 is 0 Å². The van der Waals surface area contributed by atoms with E-state index in [1.54, 1.807) is 0 Å². The molecule has 0 fully saturated rings. The number of esters is 2. The molecule has 178 valence electrons. The predicted molar refractivity (Wildman–Crippen MR) is 71.5 cm³/mol. The summed E-state index contributed by atoms with van der Waals surface area (Å²) in [5, 5.41) is 0. The normalized spacial score (nSPS) is 14.5. The minimum atomic E-state index is -6.24. The fourth-order valence-corrected chi connectivity index (χ4v) is 2.31. The molecule has 0 aromatic carbocycles. The van der Waals surface area contributed by atoms with Crippen LogP contribution in [0, 0.1) is 11.3 Å². The number of rotatable bonds is 6. The second kappa shape index (κ2) is 8.69. The summed E-state index contributed by atoms with van der Waals surface area (Å²) in [5.74, 6) is -7.01. The number of halogens is 12. The van der Waals surface area contributed by atoms with E-state index in [1.807, 2.05) is 0 Å². The summed E-state index contributed by atoms with van der Waals surface area (Å²) in [6, 6.07) is 0. The minimum Gasteiger partial charge on any atom is -0.442 e. The Labute approximate surface area is 160 Å². The summed E-state index contributed by atoms with van der Waals surface area (Å²) < 4.78 is 158. The van der Waals surface area contributed by atoms with E-state index in [0.29, 0.717) is 0 Å². The SMILES string of the molecule is CCC(C(=O)OC(C(F)(F)F)C(F)(F)F)(C(=O)OC(C(F)(F)F)C(F)(F)F)C(C)C. The molecule has 0 aliphatic heterocycles. The van der Waals surface area contributed by atoms with Crippen molar-refractivity contribution >= 4 is 11.9 Å². The molecule has 0 aliphatic rings. The molecule has 0 heterocycles. The quantitative estimate of drug-likeness (QED) is 0.305. The summed E-state index contributed by atoms with van der Waals surface area (Å²) in [4.78, 5) is 24.2. The lowest BCUT2D eigenvalue weighted by Crippen LogP contribution is -2.55. The summed E-state index contributed by atoms with van der Waals surface area (Å²) >= 11 is 0. The van der Waals surface area contributed by atoms with Crippen molar-refractivity contribution in [2.24, 2.45) is 11.3 Å². The van der Waals surface area contributed by atoms with Crippen LogP contribution in [0.4, 0.5) is 52.7 Å². The third-order valence-corrected chi connectivity index (χ3v) is 3.91. The molecule has 0 unspecified atom stereocenters. The van der Waals surface area contributed by atoms with Crippen molar-refractivity contribution in [2.75, 3.05) is 0 Å². The summed E-state index contributed by atoms with van der Waals surface area (Å²) in [6.07, 6.45) is -35.7. The number of ether oxygens (including phenoxy) is 2. The summed E-state index contributed by atoms with van der Waals surface area (Å²) in [6.45, 7) is 2.30. The molecule has 16 heteroatoms. The lowest BCUT2D eigenvalue weighted by atomic mass is 9.74. The molecule has 0 spiro atoms. The molecule has 30 heavy (non-hydrogen) atoms. The highest BCUT2D eigenvalue weighted by Crippen LogP contribution is 2.43. The highest BCUT2D eigenvalue weighted by atomic mass is 19.4. The maximum Gasteiger partial charge on any atom is 0.434 e. The van der Waals surface area contributed by atoms with Gasteiger partial charge in [0.2, 0.25) is 0 Å². The molecule has 0 aromatic rings. The van der Waals surface area contributed by atoms with Gasteiger partial charge < -0.3 is 9.47 Å². The van der Waals surface area contributed by atoms with Gasteiger partial charge in [-0.2, -0.15) is 52.7 Å². The number of carbonyl (C=O) groups is 2. The largest absolute Gasteiger partial charge is 0.442 e. The van der Waals surface area contributed by atoms with E-state index in [2.05, 4.69) is 9.47 Å². The smallest absolute Gasteiger partial charge is 0.434 e. The van der Waals surface area contributed by atoms with Crippen LogP contribution >= 0.6 is 0 Å². The van der Waals surface area contributed by atoms with Crippen molar-refractivity contribution in [3.63, 3.8) is 0 Å². The molecular weight excluding hydrogens is 460 g/mol. The molecule has 0 saturated heterocycles. The zero-order valence-electron chi connectivity index (χ0n) is 15.1. The van der Waals surface area contributed by atoms with Crippen LogP contribution in [0.15, 0.2) is 0 Å². The first-order valence-corrected chi connectivity index (χ1v) is 7.71. The second-order valence-corrected chi connectivity index (χ2v) is 6.22. The molecule has 0 aliphatic carbocycles. The highest BCUT2D eigenvalue weighted by Gasteiger charge is 2.65. The van der Waals surface area contributed by atoms with Crippen molar-refractivity contribution in [3.8, 4) is 0 Å². The Morgan fingerprint density at radius 1 is 0.633 bits per heavy atom. The monoisotopic (exact) mass is 474 g/mol. The number of hydrogen-bond donors (Lipinski definition) is 0. The molecule has 0 radical (unpaired) electrons. The zero-order valence-corrected chi connectivity index (χ0v) is 15.1. The van der Waals surface area contributed by atoms with Gasteiger partial charge in [0.25, 0.3) is 12.2 Å². The predicted octanol–water partition coefficient (Wildman–Crippen LogP) is 5.11. The van der Waals surface area contributed by atoms with E-state index in [9.17, 15) is 62.3 Å². The van der Waals surface area contributed by atoms with E-state index in [4.69, 9.17) is 0 Å². The number of alkyl halides is 12. The van der Waals surface area contributed by atoms with Gasteiger partial charge in [0.15, 0.2) is 5.41 Å². The van der Waals surface area contributed by atoms with E-state index in [0.717, 1.165) is 20.8 Å². The average molecular weight is 474 g/mol. The van der Waals surface area contributed by atoms with Gasteiger partial charge in [-0.3, -0.25) is 9.59 Å². The topological polar surface area (TPSA) is 52.6 Å². The van der Waals surface area contributed by atoms with Gasteiger partial charge >= 0.3 is 36.6 Å². The van der Waals surface area contributed by atoms with Crippen molar-refractivity contribution in [2.45, 2.75) is 64.1 Å². The van der Waals surface area contributed by atoms with Crippen LogP contribution in [0.5, 0.6) is 0 Å². The molecule has 0 rings (SSSR count). The maximum absolute atomic E-state index is 12.6. The Hall–Kier alpha value is -1.90. The van der Waals surface area contributed by atoms with E-state index in [-0.39, 0.29) is 0 Å². The zero-order chi connectivity index (χ0) is 24.5. The van der Waals surface area contributed by atoms with Crippen LogP contribution in [0.25, 0.3) is 0 Å². The van der Waals surface area contributed by atoms with Crippen LogP contribution in [0.3, 0.4) is 0 Å². The van der Waals surface area contributed by atoms with Crippen molar-refractivity contribution in [1.29, 1.82) is 0 Å². The molecule has 0 aromatic heterocycles. The van der Waals surface area contributed by atoms with Gasteiger partial charge in [-0.05, 0) is 12.3 Å². The first kappa shape index (κ1) is 28.1. The molecule has 0 N–H and O–H groups in total. The summed E-state index contributed by atoms with van der Waals surface area (Å²) in [7, 11) is 0. The third-order valence-electron chi connectivity index (χ3n) is 3.91. The Kier molecular flexibility index (Phi) is 8.14. The minimum absolute atomic E-state index is 0.745. The standard InChI is InChI=1S/C14H14F12O4/c1-4-10(5(2)3,8(27)29-6(11(15,16)17)12(18,19)20)9(28)30-7(13(21,22)23)14(24,25)26/h5-7H,4H2,1-3H3. The van der Waals surface area contributed by atoms with Crippen LogP contribution in [-0.2, 0) is 19.1 Å². The van der Waals surface area contributed by atoms with Crippen molar-refractivity contribution in [1.82, 2.24) is 0 Å². The molecular formula is C14H14F12O4. The van der Waals surface area contributed by atoms with E-state index >= 15 is 0 Å². The third kappa shape index (κ3) is 6.30. The Balaban J connectivity index is 6.24. The molecule has 0 saturated carbocycles. The van der Waals surface area contributed by atoms with Crippen molar-refractivity contribution in [3.05, 3.63) is 0 Å². The Morgan fingerprint density at radius 3 is 1.00 bits per heavy atom. The Bertz CT molecular complexity index is 540. The van der Waals surface area contributed by atoms with Gasteiger partial charge in [0.05, 0.1) is 0 Å². The van der Waals surface area contributed by atoms with Gasteiger partial charge in [-0.15, -0.1) is 0 Å². The molecule has 0 atom stereocenters. The highest BCUT2D eigenvalue weighted by molar-refractivity contribution is 6.00. The van der Waals surface area contributed by atoms with E-state index < -0.39 is 66.6 Å². The van der Waals surface area contributed by atoms with Gasteiger partial charge in [0, 0.05) is 0 Å². The van der Waals surface area contributed by atoms with Crippen LogP contribution in [0.2, 0.25) is 0 Å². The lowest BCUT2D eigenvalue weighted by molar-refractivity contribution is -0.321. The summed E-state index contributed by atoms with van der Waals surface area (Å²) in [5.41, 5.74) is -3.33. The Morgan fingerprint density at radius 2 is 0.867 bits per heavy atom. The van der Waals surface area contributed by atoms with Crippen molar-refractivity contribution < 1.29 is 71.7 Å². The first-order chi connectivity index (χ1) is 13.0. The molecule has 0 amide bonds. The lowest BCUT2D eigenvalue weighted by Gasteiger charge is -2.35. The van der Waals surface area contributed by atoms with Gasteiger partial charge in [-0.25, -0.2) is 0 Å². The number of hydrogen-bond acceptors (Lipinski definition) is 4.